The van der Waals surface area contributed by atoms with Crippen molar-refractivity contribution < 1.29 is 19.3 Å². The van der Waals surface area contributed by atoms with Crippen molar-refractivity contribution in [1.29, 1.82) is 0 Å². The highest BCUT2D eigenvalue weighted by Crippen LogP contribution is 2.32. The fourth-order valence-corrected chi connectivity index (χ4v) is 3.92. The average Bonchev–Trinajstić information content (AvgIpc) is 3.36. The van der Waals surface area contributed by atoms with Crippen molar-refractivity contribution in [3.8, 4) is 22.8 Å². The Kier molecular flexibility index (Phi) is 5.73. The lowest BCUT2D eigenvalue weighted by Gasteiger charge is -2.07. The smallest absolute Gasteiger partial charge is 0.206 e. The van der Waals surface area contributed by atoms with E-state index in [-0.39, 0.29) is 23.4 Å². The van der Waals surface area contributed by atoms with Crippen LogP contribution in [0.5, 0.6) is 11.5 Å². The summed E-state index contributed by atoms with van der Waals surface area (Å²) in [4.78, 5) is 5.31. The lowest BCUT2D eigenvalue weighted by Crippen LogP contribution is -2.17. The van der Waals surface area contributed by atoms with Crippen LogP contribution in [0.1, 0.15) is 18.4 Å². The van der Waals surface area contributed by atoms with Crippen molar-refractivity contribution in [1.82, 2.24) is 4.68 Å². The zero-order valence-corrected chi connectivity index (χ0v) is 16.3. The Labute approximate surface area is 170 Å². The Morgan fingerprint density at radius 3 is 2.76 bits per heavy atom. The molecule has 2 N–H and O–H groups in total. The molecule has 2 aromatic carbocycles. The van der Waals surface area contributed by atoms with Crippen LogP contribution in [0.3, 0.4) is 0 Å². The Hall–Kier alpha value is -2.97. The van der Waals surface area contributed by atoms with Gasteiger partial charge < -0.3 is 14.9 Å². The molecule has 1 fully saturated rings. The Bertz CT molecular complexity index is 1080. The van der Waals surface area contributed by atoms with E-state index in [2.05, 4.69) is 10.1 Å². The monoisotopic (exact) mass is 413 g/mol. The maximum Gasteiger partial charge on any atom is 0.206 e. The third-order valence-electron chi connectivity index (χ3n) is 4.59. The predicted molar refractivity (Wildman–Crippen MR) is 110 cm³/mol. The van der Waals surface area contributed by atoms with Crippen LogP contribution in [0.4, 0.5) is 4.39 Å². The molecule has 0 amide bonds. The summed E-state index contributed by atoms with van der Waals surface area (Å²) in [6, 6.07) is 10.4. The fraction of sp³-hybridized carbons (Fsp3) is 0.238. The molecule has 1 aliphatic rings. The first-order valence-corrected chi connectivity index (χ1v) is 10.1. The summed E-state index contributed by atoms with van der Waals surface area (Å²) >= 11 is 1.40. The highest BCUT2D eigenvalue weighted by Gasteiger charge is 2.16. The predicted octanol–water partition coefficient (Wildman–Crippen LogP) is 3.73. The van der Waals surface area contributed by atoms with E-state index < -0.39 is 0 Å². The molecule has 0 radical (unpaired) electrons. The first-order chi connectivity index (χ1) is 14.1. The van der Waals surface area contributed by atoms with Crippen LogP contribution in [0.15, 0.2) is 57.9 Å². The number of aromatic hydroxyl groups is 2. The van der Waals surface area contributed by atoms with Crippen LogP contribution in [-0.4, -0.2) is 40.4 Å². The number of nitrogens with zero attached hydrogens (tertiary/aromatic N) is 3. The van der Waals surface area contributed by atoms with Crippen LogP contribution >= 0.6 is 11.3 Å². The van der Waals surface area contributed by atoms with Crippen LogP contribution < -0.4 is 4.80 Å². The van der Waals surface area contributed by atoms with Gasteiger partial charge in [0.05, 0.1) is 24.6 Å². The number of hydrogen-bond acceptors (Lipinski definition) is 6. The quantitative estimate of drug-likeness (QED) is 0.626. The number of aromatic nitrogens is 1. The second-order valence-electron chi connectivity index (χ2n) is 6.69. The van der Waals surface area contributed by atoms with Gasteiger partial charge in [-0.15, -0.1) is 11.3 Å². The SMILES string of the molecule is Oc1ccc(-c2csc(=NCC3CCCO3)n2/N=C/c2ccc(F)cc2)c(O)c1. The van der Waals surface area contributed by atoms with Gasteiger partial charge in [0.1, 0.15) is 17.3 Å². The molecule has 0 bridgehead atoms. The molecule has 6 nitrogen and oxygen atoms in total. The van der Waals surface area contributed by atoms with Gasteiger partial charge in [-0.1, -0.05) is 12.1 Å². The lowest BCUT2D eigenvalue weighted by molar-refractivity contribution is 0.117. The number of hydrogen-bond donors (Lipinski definition) is 2. The largest absolute Gasteiger partial charge is 0.508 e. The summed E-state index contributed by atoms with van der Waals surface area (Å²) < 4.78 is 20.4. The summed E-state index contributed by atoms with van der Waals surface area (Å²) in [5, 5.41) is 26.2. The first-order valence-electron chi connectivity index (χ1n) is 9.25. The van der Waals surface area contributed by atoms with E-state index in [1.54, 1.807) is 29.1 Å². The molecule has 150 valence electrons. The summed E-state index contributed by atoms with van der Waals surface area (Å²) in [5.41, 5.74) is 1.89. The van der Waals surface area contributed by atoms with Gasteiger partial charge in [-0.05, 0) is 42.7 Å². The van der Waals surface area contributed by atoms with Gasteiger partial charge in [-0.2, -0.15) is 5.10 Å². The number of benzene rings is 2. The second-order valence-corrected chi connectivity index (χ2v) is 7.53. The second kappa shape index (κ2) is 8.59. The van der Waals surface area contributed by atoms with Gasteiger partial charge in [0.25, 0.3) is 0 Å². The van der Waals surface area contributed by atoms with E-state index in [1.807, 2.05) is 5.38 Å². The van der Waals surface area contributed by atoms with E-state index in [0.29, 0.717) is 22.6 Å². The van der Waals surface area contributed by atoms with Crippen LogP contribution in [0.25, 0.3) is 11.3 Å². The normalized spacial score (nSPS) is 17.4. The summed E-state index contributed by atoms with van der Waals surface area (Å²) in [6.07, 6.45) is 3.74. The minimum Gasteiger partial charge on any atom is -0.508 e. The molecule has 1 aromatic heterocycles. The molecule has 29 heavy (non-hydrogen) atoms. The van der Waals surface area contributed by atoms with Gasteiger partial charge >= 0.3 is 0 Å². The van der Waals surface area contributed by atoms with Crippen molar-refractivity contribution in [3.63, 3.8) is 0 Å². The molecule has 2 heterocycles. The fourth-order valence-electron chi connectivity index (χ4n) is 3.08. The van der Waals surface area contributed by atoms with Crippen molar-refractivity contribution in [3.05, 3.63) is 64.0 Å². The molecule has 1 saturated heterocycles. The third kappa shape index (κ3) is 4.55. The Morgan fingerprint density at radius 2 is 2.03 bits per heavy atom. The third-order valence-corrected chi connectivity index (χ3v) is 5.44. The molecule has 1 unspecified atom stereocenters. The minimum atomic E-state index is -0.313. The van der Waals surface area contributed by atoms with E-state index in [9.17, 15) is 14.6 Å². The van der Waals surface area contributed by atoms with E-state index in [1.165, 1.54) is 35.6 Å². The highest BCUT2D eigenvalue weighted by atomic mass is 32.1. The Morgan fingerprint density at radius 1 is 1.21 bits per heavy atom. The Balaban J connectivity index is 1.74. The average molecular weight is 413 g/mol. The number of thiazole rings is 1. The maximum atomic E-state index is 13.2. The number of rotatable bonds is 5. The molecule has 0 saturated carbocycles. The summed E-state index contributed by atoms with van der Waals surface area (Å²) in [5.74, 6) is -0.391. The van der Waals surface area contributed by atoms with Crippen LogP contribution in [-0.2, 0) is 4.74 Å². The number of phenols is 2. The van der Waals surface area contributed by atoms with Crippen LogP contribution in [0, 0.1) is 5.82 Å². The van der Waals surface area contributed by atoms with E-state index in [0.717, 1.165) is 25.0 Å². The molecule has 1 aliphatic heterocycles. The molecule has 0 spiro atoms. The van der Waals surface area contributed by atoms with Gasteiger partial charge in [0, 0.05) is 23.6 Å². The molecule has 3 aromatic rings. The molecule has 0 aliphatic carbocycles. The van der Waals surface area contributed by atoms with Gasteiger partial charge in [-0.3, -0.25) is 4.99 Å². The maximum absolute atomic E-state index is 13.2. The topological polar surface area (TPSA) is 79.3 Å². The van der Waals surface area contributed by atoms with Crippen molar-refractivity contribution in [2.24, 2.45) is 10.1 Å². The van der Waals surface area contributed by atoms with Crippen molar-refractivity contribution in [2.75, 3.05) is 13.2 Å². The van der Waals surface area contributed by atoms with Crippen molar-refractivity contribution >= 4 is 17.6 Å². The summed E-state index contributed by atoms with van der Waals surface area (Å²) in [7, 11) is 0. The molecule has 1 atom stereocenters. The zero-order valence-electron chi connectivity index (χ0n) is 15.5. The number of ether oxygens (including phenoxy) is 1. The molecular weight excluding hydrogens is 393 g/mol. The lowest BCUT2D eigenvalue weighted by atomic mass is 10.1. The first kappa shape index (κ1) is 19.4. The molecule has 8 heteroatoms. The number of phenolic OH excluding ortho intramolecular Hbond substituents is 2. The van der Waals surface area contributed by atoms with E-state index in [4.69, 9.17) is 4.74 Å². The molecule has 4 rings (SSSR count). The zero-order chi connectivity index (χ0) is 20.2. The highest BCUT2D eigenvalue weighted by molar-refractivity contribution is 7.07. The van der Waals surface area contributed by atoms with Gasteiger partial charge in [-0.25, -0.2) is 9.07 Å². The van der Waals surface area contributed by atoms with Gasteiger partial charge in [0.2, 0.25) is 4.80 Å². The van der Waals surface area contributed by atoms with Gasteiger partial charge in [0.15, 0.2) is 0 Å². The van der Waals surface area contributed by atoms with Crippen molar-refractivity contribution in [2.45, 2.75) is 18.9 Å². The minimum absolute atomic E-state index is 0.0221. The summed E-state index contributed by atoms with van der Waals surface area (Å²) in [6.45, 7) is 1.30. The number of halogens is 1. The van der Waals surface area contributed by atoms with Crippen LogP contribution in [0.2, 0.25) is 0 Å². The van der Waals surface area contributed by atoms with E-state index >= 15 is 0 Å². The molecular formula is C21H20FN3O3S. The standard InChI is InChI=1S/C21H20FN3O3S/c22-15-5-3-14(4-6-15)11-24-25-19(18-8-7-16(26)10-20(18)27)13-29-21(25)23-12-17-2-1-9-28-17/h3-8,10-11,13,17,26-27H,1-2,9,12H2/b23-21?,24-11+.